The topological polar surface area (TPSA) is 96.8 Å². The Kier molecular flexibility index (Phi) is 6.18. The molecule has 1 aliphatic heterocycles. The molecule has 3 aromatic heterocycles. The summed E-state index contributed by atoms with van der Waals surface area (Å²) in [6, 6.07) is 8.76. The molecule has 7 rings (SSSR count). The SMILES string of the molecule is O=C(Cc1cc(-c2noc(C3CC(F)(F)C3)n2)ccc1Cl)c1cnn2ccc(N3CC4(C3)CC(O)(CC(F)F)C4)cc12. The van der Waals surface area contributed by atoms with E-state index in [9.17, 15) is 27.5 Å². The van der Waals surface area contributed by atoms with Gasteiger partial charge in [-0.05, 0) is 48.7 Å². The number of anilines is 1. The number of fused-ring (bicyclic) bond motifs is 1. The van der Waals surface area contributed by atoms with Crippen LogP contribution in [0.2, 0.25) is 5.02 Å². The van der Waals surface area contributed by atoms with Gasteiger partial charge in [0.1, 0.15) is 0 Å². The number of nitrogens with zero attached hydrogens (tertiary/aromatic N) is 5. The highest BCUT2D eigenvalue weighted by molar-refractivity contribution is 6.31. The van der Waals surface area contributed by atoms with Crippen LogP contribution < -0.4 is 4.90 Å². The molecule has 2 saturated carbocycles. The van der Waals surface area contributed by atoms with Crippen molar-refractivity contribution in [3.63, 3.8) is 0 Å². The molecule has 42 heavy (non-hydrogen) atoms. The number of pyridine rings is 1. The fraction of sp³-hybridized carbons (Fsp3) is 0.448. The summed E-state index contributed by atoms with van der Waals surface area (Å²) in [5.41, 5.74) is 1.57. The second-order valence-electron chi connectivity index (χ2n) is 12.1. The number of hydrogen-bond donors (Lipinski definition) is 1. The van der Waals surface area contributed by atoms with Crippen LogP contribution >= 0.6 is 11.6 Å². The summed E-state index contributed by atoms with van der Waals surface area (Å²) in [4.78, 5) is 19.8. The van der Waals surface area contributed by atoms with Crippen LogP contribution in [-0.4, -0.2) is 61.7 Å². The molecule has 0 radical (unpaired) electrons. The van der Waals surface area contributed by atoms with E-state index in [0.29, 0.717) is 53.2 Å². The molecule has 1 spiro atoms. The summed E-state index contributed by atoms with van der Waals surface area (Å²) >= 11 is 6.43. The number of carbonyl (C=O) groups is 1. The van der Waals surface area contributed by atoms with Crippen molar-refractivity contribution < 1.29 is 32.0 Å². The molecule has 0 bridgehead atoms. The van der Waals surface area contributed by atoms with Gasteiger partial charge in [0.15, 0.2) is 5.78 Å². The van der Waals surface area contributed by atoms with Crippen molar-refractivity contribution in [2.75, 3.05) is 18.0 Å². The molecule has 13 heteroatoms. The van der Waals surface area contributed by atoms with Gasteiger partial charge in [0, 0.05) is 72.6 Å². The van der Waals surface area contributed by atoms with Crippen molar-refractivity contribution in [1.82, 2.24) is 19.8 Å². The highest BCUT2D eigenvalue weighted by atomic mass is 35.5. The Morgan fingerprint density at radius 1 is 1.17 bits per heavy atom. The molecule has 4 aromatic rings. The molecular weight excluding hydrogens is 578 g/mol. The molecule has 0 amide bonds. The van der Waals surface area contributed by atoms with E-state index < -0.39 is 30.3 Å². The van der Waals surface area contributed by atoms with Crippen LogP contribution in [0.25, 0.3) is 16.9 Å². The maximum Gasteiger partial charge on any atom is 0.249 e. The summed E-state index contributed by atoms with van der Waals surface area (Å²) < 4.78 is 58.9. The van der Waals surface area contributed by atoms with Crippen LogP contribution in [0, 0.1) is 5.41 Å². The molecule has 0 unspecified atom stereocenters. The predicted octanol–water partition coefficient (Wildman–Crippen LogP) is 5.96. The number of halogens is 5. The molecule has 0 atom stereocenters. The monoisotopic (exact) mass is 603 g/mol. The van der Waals surface area contributed by atoms with Crippen molar-refractivity contribution >= 4 is 28.6 Å². The minimum Gasteiger partial charge on any atom is -0.390 e. The first-order valence-corrected chi connectivity index (χ1v) is 14.0. The lowest BCUT2D eigenvalue weighted by molar-refractivity contribution is -0.161. The molecule has 220 valence electrons. The Morgan fingerprint density at radius 2 is 1.93 bits per heavy atom. The van der Waals surface area contributed by atoms with Crippen LogP contribution in [0.1, 0.15) is 59.8 Å². The van der Waals surface area contributed by atoms with Crippen LogP contribution in [-0.2, 0) is 6.42 Å². The van der Waals surface area contributed by atoms with Gasteiger partial charge in [-0.3, -0.25) is 4.79 Å². The number of ketones is 1. The lowest BCUT2D eigenvalue weighted by Gasteiger charge is -2.63. The van der Waals surface area contributed by atoms with Gasteiger partial charge >= 0.3 is 0 Å². The predicted molar refractivity (Wildman–Crippen MR) is 144 cm³/mol. The minimum absolute atomic E-state index is 0.0205. The summed E-state index contributed by atoms with van der Waals surface area (Å²) in [5.74, 6) is -2.98. The number of alkyl halides is 4. The van der Waals surface area contributed by atoms with Crippen LogP contribution in [0.3, 0.4) is 0 Å². The molecule has 1 saturated heterocycles. The van der Waals surface area contributed by atoms with Gasteiger partial charge in [-0.1, -0.05) is 16.8 Å². The highest BCUT2D eigenvalue weighted by Crippen LogP contribution is 2.56. The molecule has 1 N–H and O–H groups in total. The van der Waals surface area contributed by atoms with Crippen molar-refractivity contribution in [1.29, 1.82) is 0 Å². The third kappa shape index (κ3) is 4.84. The number of benzene rings is 1. The van der Waals surface area contributed by atoms with E-state index in [-0.39, 0.29) is 42.2 Å². The average molecular weight is 604 g/mol. The first-order valence-electron chi connectivity index (χ1n) is 13.7. The zero-order valence-corrected chi connectivity index (χ0v) is 23.0. The standard InChI is InChI=1S/C29H26ClF4N5O3/c30-21-2-1-16(25-36-26(42-37-25)18-8-29(33,34)9-18)5-17(21)6-23(40)20-11-35-39-4-3-19(7-22(20)39)38-14-27(15-38)12-28(41,13-27)10-24(31)32/h1-5,7,11,18,24,41H,6,8-10,12-15H2. The number of aliphatic hydroxyl groups is 1. The van der Waals surface area contributed by atoms with Crippen LogP contribution in [0.5, 0.6) is 0 Å². The summed E-state index contributed by atoms with van der Waals surface area (Å²) in [5, 5.41) is 19.0. The molecular formula is C29H26ClF4N5O3. The highest BCUT2D eigenvalue weighted by Gasteiger charge is 2.60. The zero-order valence-electron chi connectivity index (χ0n) is 22.2. The van der Waals surface area contributed by atoms with Gasteiger partial charge in [0.25, 0.3) is 0 Å². The molecule has 3 fully saturated rings. The van der Waals surface area contributed by atoms with Gasteiger partial charge in [-0.2, -0.15) is 10.1 Å². The minimum atomic E-state index is -2.70. The average Bonchev–Trinajstić information content (AvgIpc) is 3.52. The fourth-order valence-electron chi connectivity index (χ4n) is 6.80. The normalized spacial score (nSPS) is 20.5. The van der Waals surface area contributed by atoms with E-state index in [2.05, 4.69) is 20.1 Å². The number of Topliss-reactive ketones (excluding diaryl/α,β-unsaturated/α-hetero) is 1. The van der Waals surface area contributed by atoms with Gasteiger partial charge < -0.3 is 14.5 Å². The Balaban J connectivity index is 1.05. The largest absolute Gasteiger partial charge is 0.390 e. The maximum absolute atomic E-state index is 13.4. The van der Waals surface area contributed by atoms with Crippen molar-refractivity contribution in [2.24, 2.45) is 5.41 Å². The third-order valence-corrected chi connectivity index (χ3v) is 9.07. The van der Waals surface area contributed by atoms with E-state index in [0.717, 1.165) is 5.69 Å². The number of carbonyl (C=O) groups excluding carboxylic acids is 1. The second kappa shape index (κ2) is 9.50. The van der Waals surface area contributed by atoms with E-state index in [1.54, 1.807) is 28.9 Å². The molecule has 3 aliphatic rings. The first kappa shape index (κ1) is 27.3. The Hall–Kier alpha value is -3.51. The third-order valence-electron chi connectivity index (χ3n) is 8.70. The smallest absolute Gasteiger partial charge is 0.249 e. The molecule has 4 heterocycles. The second-order valence-corrected chi connectivity index (χ2v) is 12.5. The summed E-state index contributed by atoms with van der Waals surface area (Å²) in [6.45, 7) is 1.30. The Morgan fingerprint density at radius 3 is 2.64 bits per heavy atom. The van der Waals surface area contributed by atoms with E-state index in [1.165, 1.54) is 6.20 Å². The summed E-state index contributed by atoms with van der Waals surface area (Å²) in [6.07, 6.45) is 0.317. The molecule has 8 nitrogen and oxygen atoms in total. The van der Waals surface area contributed by atoms with Gasteiger partial charge in [-0.15, -0.1) is 0 Å². The van der Waals surface area contributed by atoms with Gasteiger partial charge in [0.05, 0.1) is 22.9 Å². The number of aromatic nitrogens is 4. The summed E-state index contributed by atoms with van der Waals surface area (Å²) in [7, 11) is 0. The fourth-order valence-corrected chi connectivity index (χ4v) is 6.98. The Bertz CT molecular complexity index is 1680. The first-order chi connectivity index (χ1) is 19.9. The Labute approximate surface area is 242 Å². The van der Waals surface area contributed by atoms with Crippen molar-refractivity contribution in [3.8, 4) is 11.4 Å². The van der Waals surface area contributed by atoms with E-state index in [4.69, 9.17) is 16.1 Å². The lowest BCUT2D eigenvalue weighted by atomic mass is 9.54. The molecule has 1 aromatic carbocycles. The number of hydrogen-bond acceptors (Lipinski definition) is 7. The number of rotatable bonds is 8. The van der Waals surface area contributed by atoms with Crippen LogP contribution in [0.4, 0.5) is 23.2 Å². The van der Waals surface area contributed by atoms with Crippen molar-refractivity contribution in [3.05, 3.63) is 64.8 Å². The molecule has 2 aliphatic carbocycles. The lowest BCUT2D eigenvalue weighted by Crippen LogP contribution is -2.68. The zero-order chi connectivity index (χ0) is 29.4. The van der Waals surface area contributed by atoms with E-state index >= 15 is 0 Å². The van der Waals surface area contributed by atoms with Gasteiger partial charge in [-0.25, -0.2) is 22.1 Å². The van der Waals surface area contributed by atoms with Gasteiger partial charge in [0.2, 0.25) is 24.1 Å². The quantitative estimate of drug-likeness (QED) is 0.196. The maximum atomic E-state index is 13.4. The van der Waals surface area contributed by atoms with Crippen LogP contribution in [0.15, 0.2) is 47.2 Å². The van der Waals surface area contributed by atoms with Crippen molar-refractivity contribution in [2.45, 2.75) is 62.4 Å². The van der Waals surface area contributed by atoms with E-state index in [1.807, 2.05) is 12.1 Å².